The van der Waals surface area contributed by atoms with Gasteiger partial charge in [0.1, 0.15) is 22.7 Å². The van der Waals surface area contributed by atoms with Crippen LogP contribution >= 0.6 is 0 Å². The molecule has 4 heterocycles. The van der Waals surface area contributed by atoms with E-state index in [0.717, 1.165) is 79.2 Å². The summed E-state index contributed by atoms with van der Waals surface area (Å²) in [6.45, 7) is 8.74. The van der Waals surface area contributed by atoms with Crippen molar-refractivity contribution in [3.8, 4) is 22.6 Å². The van der Waals surface area contributed by atoms with Gasteiger partial charge in [0, 0.05) is 67.8 Å². The smallest absolute Gasteiger partial charge is 0.455 e. The van der Waals surface area contributed by atoms with Crippen molar-refractivity contribution in [3.63, 3.8) is 0 Å². The molecule has 2 saturated heterocycles. The van der Waals surface area contributed by atoms with Crippen LogP contribution in [0.15, 0.2) is 112 Å². The van der Waals surface area contributed by atoms with Crippen LogP contribution in [0.5, 0.6) is 0 Å². The summed E-state index contributed by atoms with van der Waals surface area (Å²) >= 11 is 0. The summed E-state index contributed by atoms with van der Waals surface area (Å²) in [5, 5.41) is 15.8. The Bertz CT molecular complexity index is 4010. The molecule has 4 fully saturated rings. The van der Waals surface area contributed by atoms with Gasteiger partial charge in [-0.1, -0.05) is 54.6 Å². The lowest BCUT2D eigenvalue weighted by molar-refractivity contribution is -0.138. The van der Waals surface area contributed by atoms with Gasteiger partial charge in [0.25, 0.3) is 11.8 Å². The van der Waals surface area contributed by atoms with Gasteiger partial charge in [-0.2, -0.15) is 26.3 Å². The van der Waals surface area contributed by atoms with E-state index in [1.807, 2.05) is 58.0 Å². The molecular weight excluding hydrogens is 1220 g/mol. The van der Waals surface area contributed by atoms with E-state index < -0.39 is 80.8 Å². The van der Waals surface area contributed by atoms with E-state index in [2.05, 4.69) is 10.6 Å². The van der Waals surface area contributed by atoms with Crippen LogP contribution in [0.4, 0.5) is 37.7 Å². The highest BCUT2D eigenvalue weighted by Crippen LogP contribution is 2.51. The molecule has 7 aromatic rings. The number of halogens is 6. The monoisotopic (exact) mass is 1290 g/mol. The Morgan fingerprint density at radius 2 is 1.12 bits per heavy atom. The molecule has 3 N–H and O–H groups in total. The minimum Gasteiger partial charge on any atom is -0.455 e. The molecule has 17 nitrogen and oxygen atoms in total. The standard InChI is InChI=1S/C38H44BF3N2O7S.C25H26BF3N2O6S/c1-36(2)37(3,4)51-39(50-36)20-25(23-48-22-24-10-8-7-9-11-24)21-44(52(6,46)47)31-19-32-30(18-29(31)26-12-13-26)33(35(45)43-5)34(49-32)27-14-16-28(17-15-27)38(40,41)42;1-30-24(32)22-19-9-18(15-3-4-15)20(31(38(2,34)35)12-14-11-26(33)36-13-14)10-21(19)37-23(22)16-5-7-17(8-6-16)25(27,28)29/h7-11,14-19,25-26H,12-13,20-23H2,1-6H3,(H,43,45);5-10,14-15,33H,3-4,11-13H2,1-2H3,(H,30,32). The maximum Gasteiger partial charge on any atom is 0.458 e. The summed E-state index contributed by atoms with van der Waals surface area (Å²) in [5.74, 6) is -1.25. The first kappa shape index (κ1) is 66.1. The van der Waals surface area contributed by atoms with E-state index >= 15 is 0 Å². The topological polar surface area (TPSA) is 216 Å². The molecule has 5 aromatic carbocycles. The number of benzene rings is 5. The Kier molecular flexibility index (Phi) is 18.6. The first-order chi connectivity index (χ1) is 42.2. The van der Waals surface area contributed by atoms with Gasteiger partial charge in [-0.05, 0) is 143 Å². The minimum atomic E-state index is -4.54. The summed E-state index contributed by atoms with van der Waals surface area (Å²) < 4.78 is 172. The number of nitrogens with one attached hydrogen (secondary N) is 2. The number of carbonyl (C=O) groups is 2. The van der Waals surface area contributed by atoms with Gasteiger partial charge in [0.2, 0.25) is 20.0 Å². The van der Waals surface area contributed by atoms with E-state index in [1.165, 1.54) is 47.0 Å². The molecule has 90 heavy (non-hydrogen) atoms. The molecule has 2 aromatic heterocycles. The number of carbonyl (C=O) groups excluding carboxylic acids is 2. The molecule has 0 bridgehead atoms. The summed E-state index contributed by atoms with van der Waals surface area (Å²) in [5.41, 5.74) is 1.78. The SMILES string of the molecule is CNC(=O)c1c(-c2ccc(C(F)(F)F)cc2)oc2cc(N(CC(COCc3ccccc3)CB3OC(C)(C)C(C)(C)O3)S(C)(=O)=O)c(C3CC3)cc12.CNC(=O)c1c(-c2ccc(C(F)(F)F)cc2)oc2cc(N(CC3COB(O)C3)S(C)(=O)=O)c(C3CC3)cc12. The molecular formula is C63H70B2F6N4O13S2. The lowest BCUT2D eigenvalue weighted by Gasteiger charge is -2.32. The zero-order valence-corrected chi connectivity index (χ0v) is 52.5. The summed E-state index contributed by atoms with van der Waals surface area (Å²) in [7, 11) is -6.29. The molecule has 4 aliphatic rings. The van der Waals surface area contributed by atoms with Crippen molar-refractivity contribution in [1.29, 1.82) is 0 Å². The zero-order chi connectivity index (χ0) is 65.0. The predicted molar refractivity (Wildman–Crippen MR) is 331 cm³/mol. The summed E-state index contributed by atoms with van der Waals surface area (Å²) in [6.07, 6.45) is -2.80. The second-order valence-corrected chi connectivity index (χ2v) is 28.4. The molecule has 2 aliphatic carbocycles. The van der Waals surface area contributed by atoms with Gasteiger partial charge in [-0.25, -0.2) is 16.8 Å². The number of nitrogens with zero attached hydrogens (tertiary/aromatic N) is 2. The highest BCUT2D eigenvalue weighted by Gasteiger charge is 2.52. The third kappa shape index (κ3) is 14.6. The van der Waals surface area contributed by atoms with Crippen molar-refractivity contribution < 1.29 is 85.3 Å². The van der Waals surface area contributed by atoms with Gasteiger partial charge in [-0.15, -0.1) is 0 Å². The normalized spacial score (nSPS) is 18.0. The molecule has 480 valence electrons. The molecule has 2 aliphatic heterocycles. The molecule has 0 radical (unpaired) electrons. The highest BCUT2D eigenvalue weighted by molar-refractivity contribution is 7.92. The van der Waals surface area contributed by atoms with E-state index in [4.69, 9.17) is 27.5 Å². The number of hydrogen-bond donors (Lipinski definition) is 3. The Morgan fingerprint density at radius 1 is 0.678 bits per heavy atom. The van der Waals surface area contributed by atoms with Crippen LogP contribution < -0.4 is 19.2 Å². The van der Waals surface area contributed by atoms with Crippen LogP contribution in [0.2, 0.25) is 12.6 Å². The number of sulfonamides is 2. The van der Waals surface area contributed by atoms with Crippen molar-refractivity contribution in [3.05, 3.63) is 142 Å². The van der Waals surface area contributed by atoms with Crippen LogP contribution in [0.25, 0.3) is 44.6 Å². The maximum atomic E-state index is 13.7. The second-order valence-electron chi connectivity index (χ2n) is 24.5. The zero-order valence-electron chi connectivity index (χ0n) is 50.9. The van der Waals surface area contributed by atoms with Gasteiger partial charge < -0.3 is 43.2 Å². The second kappa shape index (κ2) is 25.3. The van der Waals surface area contributed by atoms with Crippen LogP contribution in [0, 0.1) is 11.8 Å². The van der Waals surface area contributed by atoms with Crippen LogP contribution in [-0.4, -0.2) is 112 Å². The highest BCUT2D eigenvalue weighted by atomic mass is 32.2. The minimum absolute atomic E-state index is 0.0394. The predicted octanol–water partition coefficient (Wildman–Crippen LogP) is 12.3. The van der Waals surface area contributed by atoms with Crippen molar-refractivity contribution >= 4 is 79.4 Å². The van der Waals surface area contributed by atoms with Crippen molar-refractivity contribution in [2.75, 3.05) is 61.5 Å². The largest absolute Gasteiger partial charge is 0.458 e. The lowest BCUT2D eigenvalue weighted by Crippen LogP contribution is -2.41. The number of fused-ring (bicyclic) bond motifs is 2. The van der Waals surface area contributed by atoms with Crippen LogP contribution in [0.3, 0.4) is 0 Å². The quantitative estimate of drug-likeness (QED) is 0.0479. The van der Waals surface area contributed by atoms with Crippen molar-refractivity contribution in [2.45, 2.75) is 108 Å². The molecule has 27 heteroatoms. The Hall–Kier alpha value is -6.87. The number of hydrogen-bond acceptors (Lipinski definition) is 13. The summed E-state index contributed by atoms with van der Waals surface area (Å²) in [4.78, 5) is 26.2. The molecule has 2 atom stereocenters. The fraction of sp³-hybridized carbons (Fsp3) is 0.429. The Balaban J connectivity index is 0.000000208. The number of alkyl halides is 6. The van der Waals surface area contributed by atoms with Crippen molar-refractivity contribution in [1.82, 2.24) is 10.6 Å². The third-order valence-corrected chi connectivity index (χ3v) is 19.4. The van der Waals surface area contributed by atoms with E-state index in [9.17, 15) is 57.8 Å². The number of amides is 2. The summed E-state index contributed by atoms with van der Waals surface area (Å²) in [6, 6.07) is 25.1. The average Bonchev–Trinajstić information content (AvgIpc) is 1.58. The number of ether oxygens (including phenoxy) is 1. The Labute approximate surface area is 519 Å². The van der Waals surface area contributed by atoms with Crippen molar-refractivity contribution in [2.24, 2.45) is 11.8 Å². The van der Waals surface area contributed by atoms with Gasteiger partial charge in [-0.3, -0.25) is 18.2 Å². The fourth-order valence-corrected chi connectivity index (χ4v) is 13.4. The van der Waals surface area contributed by atoms with E-state index in [0.29, 0.717) is 41.4 Å². The third-order valence-electron chi connectivity index (χ3n) is 17.1. The molecule has 0 spiro atoms. The fourth-order valence-electron chi connectivity index (χ4n) is 11.4. The molecule has 2 unspecified atom stereocenters. The Morgan fingerprint density at radius 3 is 1.51 bits per heavy atom. The molecule has 11 rings (SSSR count). The van der Waals surface area contributed by atoms with E-state index in [1.54, 1.807) is 24.3 Å². The molecule has 2 saturated carbocycles. The maximum absolute atomic E-state index is 13.7. The average molecular weight is 1290 g/mol. The van der Waals surface area contributed by atoms with Crippen LogP contribution in [-0.2, 0) is 57.7 Å². The first-order valence-electron chi connectivity index (χ1n) is 29.5. The van der Waals surface area contributed by atoms with E-state index in [-0.39, 0.29) is 94.9 Å². The number of furan rings is 2. The van der Waals surface area contributed by atoms with Gasteiger partial charge >= 0.3 is 26.6 Å². The number of anilines is 2. The molecule has 2 amide bonds. The van der Waals surface area contributed by atoms with Gasteiger partial charge in [0.05, 0.1) is 70.6 Å². The first-order valence-corrected chi connectivity index (χ1v) is 33.2. The van der Waals surface area contributed by atoms with Crippen LogP contribution in [0.1, 0.15) is 114 Å². The van der Waals surface area contributed by atoms with Gasteiger partial charge in [0.15, 0.2) is 0 Å². The number of rotatable bonds is 20. The lowest BCUT2D eigenvalue weighted by atomic mass is 9.77.